The summed E-state index contributed by atoms with van der Waals surface area (Å²) < 4.78 is 2.02. The molecule has 1 saturated heterocycles. The molecule has 3 heterocycles. The number of unbranched alkanes of at least 4 members (excludes halogenated alkanes) is 2. The average Bonchev–Trinajstić information content (AvgIpc) is 2.92. The van der Waals surface area contributed by atoms with E-state index in [0.717, 1.165) is 19.3 Å². The number of hydrogen-bond acceptors (Lipinski definition) is 6. The van der Waals surface area contributed by atoms with Crippen LogP contribution in [0.4, 0.5) is 5.82 Å². The largest absolute Gasteiger partial charge is 0.370 e. The smallest absolute Gasteiger partial charge is 0.267 e. The molecule has 1 N–H and O–H groups in total. The minimum atomic E-state index is -0.215. The number of carbonyl (C=O) groups excluding carboxylic acids is 1. The van der Waals surface area contributed by atoms with Gasteiger partial charge < -0.3 is 5.32 Å². The minimum Gasteiger partial charge on any atom is -0.370 e. The number of amides is 1. The van der Waals surface area contributed by atoms with Crippen molar-refractivity contribution in [2.45, 2.75) is 33.1 Å². The number of aromatic nitrogens is 2. The highest BCUT2D eigenvalue weighted by Gasteiger charge is 2.32. The summed E-state index contributed by atoms with van der Waals surface area (Å²) in [5.74, 6) is 0.339. The fraction of sp³-hybridized carbons (Fsp3) is 0.368. The lowest BCUT2D eigenvalue weighted by molar-refractivity contribution is -0.122. The fourth-order valence-corrected chi connectivity index (χ4v) is 4.17. The van der Waals surface area contributed by atoms with Crippen LogP contribution >= 0.6 is 24.0 Å². The number of rotatable bonds is 7. The Balaban J connectivity index is 2.01. The highest BCUT2D eigenvalue weighted by atomic mass is 32.2. The maximum absolute atomic E-state index is 13.0. The van der Waals surface area contributed by atoms with Crippen molar-refractivity contribution in [2.75, 3.05) is 18.4 Å². The zero-order chi connectivity index (χ0) is 19.4. The monoisotopic (exact) mass is 402 g/mol. The van der Waals surface area contributed by atoms with Crippen LogP contribution < -0.4 is 10.9 Å². The maximum Gasteiger partial charge on any atom is 0.267 e. The van der Waals surface area contributed by atoms with Crippen molar-refractivity contribution in [3.8, 4) is 0 Å². The molecule has 8 heteroatoms. The van der Waals surface area contributed by atoms with Crippen molar-refractivity contribution in [1.82, 2.24) is 14.3 Å². The van der Waals surface area contributed by atoms with Gasteiger partial charge in [-0.3, -0.25) is 18.9 Å². The Labute approximate surface area is 167 Å². The first-order valence-corrected chi connectivity index (χ1v) is 10.3. The molecular weight excluding hydrogens is 380 g/mol. The molecule has 0 atom stereocenters. The first-order chi connectivity index (χ1) is 13.1. The first-order valence-electron chi connectivity index (χ1n) is 9.07. The van der Waals surface area contributed by atoms with Crippen LogP contribution in [-0.4, -0.2) is 37.6 Å². The summed E-state index contributed by atoms with van der Waals surface area (Å²) >= 11 is 6.61. The summed E-state index contributed by atoms with van der Waals surface area (Å²) in [5, 5.41) is 3.13. The normalized spacial score (nSPS) is 15.9. The number of carbonyl (C=O) groups is 1. The Morgan fingerprint density at radius 3 is 2.81 bits per heavy atom. The zero-order valence-corrected chi connectivity index (χ0v) is 17.0. The van der Waals surface area contributed by atoms with Gasteiger partial charge in [-0.15, -0.1) is 0 Å². The standard InChI is InChI=1S/C19H22N4O2S2/c1-3-5-7-11-23-18(25)14(27-19(23)26)12-13-16(20-4-2)21-15-9-6-8-10-22(15)17(13)24/h6,8-10,12,20H,3-5,7,11H2,1-2H3/b14-12+. The fourth-order valence-electron chi connectivity index (χ4n) is 2.88. The quantitative estimate of drug-likeness (QED) is 0.434. The lowest BCUT2D eigenvalue weighted by Gasteiger charge is -2.13. The second-order valence-corrected chi connectivity index (χ2v) is 7.85. The van der Waals surface area contributed by atoms with E-state index in [-0.39, 0.29) is 11.5 Å². The van der Waals surface area contributed by atoms with Gasteiger partial charge in [0.15, 0.2) is 0 Å². The predicted molar refractivity (Wildman–Crippen MR) is 115 cm³/mol. The number of thiocarbonyl (C=S) groups is 1. The van der Waals surface area contributed by atoms with Gasteiger partial charge in [-0.25, -0.2) is 4.98 Å². The van der Waals surface area contributed by atoms with Crippen molar-refractivity contribution in [3.63, 3.8) is 0 Å². The third-order valence-electron chi connectivity index (χ3n) is 4.25. The number of nitrogens with zero attached hydrogens (tertiary/aromatic N) is 3. The van der Waals surface area contributed by atoms with E-state index in [1.54, 1.807) is 29.3 Å². The number of nitrogens with one attached hydrogen (secondary N) is 1. The molecule has 1 aliphatic heterocycles. The average molecular weight is 403 g/mol. The van der Waals surface area contributed by atoms with E-state index in [1.807, 2.05) is 13.0 Å². The maximum atomic E-state index is 13.0. The van der Waals surface area contributed by atoms with E-state index in [0.29, 0.717) is 39.3 Å². The summed E-state index contributed by atoms with van der Waals surface area (Å²) in [7, 11) is 0. The molecule has 0 spiro atoms. The van der Waals surface area contributed by atoms with Gasteiger partial charge in [0.05, 0.1) is 10.5 Å². The molecule has 0 aliphatic carbocycles. The molecule has 0 bridgehead atoms. The molecule has 6 nitrogen and oxygen atoms in total. The first kappa shape index (κ1) is 19.6. The molecule has 2 aromatic heterocycles. The van der Waals surface area contributed by atoms with Crippen molar-refractivity contribution < 1.29 is 4.79 Å². The predicted octanol–water partition coefficient (Wildman–Crippen LogP) is 3.52. The lowest BCUT2D eigenvalue weighted by atomic mass is 10.2. The highest BCUT2D eigenvalue weighted by Crippen LogP contribution is 2.33. The molecule has 0 radical (unpaired) electrons. The van der Waals surface area contributed by atoms with Gasteiger partial charge in [0.2, 0.25) is 0 Å². The van der Waals surface area contributed by atoms with Crippen LogP contribution in [0.1, 0.15) is 38.7 Å². The van der Waals surface area contributed by atoms with Crippen LogP contribution in [0.5, 0.6) is 0 Å². The summed E-state index contributed by atoms with van der Waals surface area (Å²) in [6.45, 7) is 5.29. The number of anilines is 1. The molecular formula is C19H22N4O2S2. The summed E-state index contributed by atoms with van der Waals surface area (Å²) in [4.78, 5) is 32.3. The Hall–Kier alpha value is -2.19. The number of hydrogen-bond donors (Lipinski definition) is 1. The van der Waals surface area contributed by atoms with Gasteiger partial charge >= 0.3 is 0 Å². The summed E-state index contributed by atoms with van der Waals surface area (Å²) in [5.41, 5.74) is 0.713. The Morgan fingerprint density at radius 2 is 2.07 bits per heavy atom. The zero-order valence-electron chi connectivity index (χ0n) is 15.4. The van der Waals surface area contributed by atoms with Crippen LogP contribution in [0.15, 0.2) is 34.1 Å². The molecule has 2 aromatic rings. The third-order valence-corrected chi connectivity index (χ3v) is 5.63. The van der Waals surface area contributed by atoms with Crippen molar-refractivity contribution in [2.24, 2.45) is 0 Å². The second kappa shape index (κ2) is 8.67. The van der Waals surface area contributed by atoms with Crippen molar-refractivity contribution in [1.29, 1.82) is 0 Å². The van der Waals surface area contributed by atoms with Gasteiger partial charge in [-0.1, -0.05) is 49.8 Å². The minimum absolute atomic E-state index is 0.138. The van der Waals surface area contributed by atoms with E-state index in [4.69, 9.17) is 12.2 Å². The van der Waals surface area contributed by atoms with Gasteiger partial charge in [-0.05, 0) is 31.6 Å². The van der Waals surface area contributed by atoms with E-state index >= 15 is 0 Å². The molecule has 1 amide bonds. The van der Waals surface area contributed by atoms with E-state index in [2.05, 4.69) is 17.2 Å². The van der Waals surface area contributed by atoms with Gasteiger partial charge in [0.1, 0.15) is 15.8 Å². The van der Waals surface area contributed by atoms with Crippen LogP contribution in [0.3, 0.4) is 0 Å². The van der Waals surface area contributed by atoms with Gasteiger partial charge in [-0.2, -0.15) is 0 Å². The van der Waals surface area contributed by atoms with E-state index in [9.17, 15) is 9.59 Å². The molecule has 27 heavy (non-hydrogen) atoms. The lowest BCUT2D eigenvalue weighted by Crippen LogP contribution is -2.29. The summed E-state index contributed by atoms with van der Waals surface area (Å²) in [6, 6.07) is 5.39. The van der Waals surface area contributed by atoms with Gasteiger partial charge in [0.25, 0.3) is 11.5 Å². The molecule has 142 valence electrons. The molecule has 0 aromatic carbocycles. The second-order valence-electron chi connectivity index (χ2n) is 6.18. The molecule has 0 saturated carbocycles. The number of thioether (sulfide) groups is 1. The molecule has 3 rings (SSSR count). The van der Waals surface area contributed by atoms with E-state index < -0.39 is 0 Å². The van der Waals surface area contributed by atoms with Gasteiger partial charge in [0, 0.05) is 19.3 Å². The third kappa shape index (κ3) is 4.06. The SMILES string of the molecule is CCCCCN1C(=O)/C(=C\c2c(NCC)nc3ccccn3c2=O)SC1=S. The van der Waals surface area contributed by atoms with Crippen LogP contribution in [0, 0.1) is 0 Å². The topological polar surface area (TPSA) is 66.7 Å². The molecule has 1 fully saturated rings. The van der Waals surface area contributed by atoms with Crippen molar-refractivity contribution in [3.05, 3.63) is 45.2 Å². The Morgan fingerprint density at radius 1 is 1.26 bits per heavy atom. The summed E-state index contributed by atoms with van der Waals surface area (Å²) in [6.07, 6.45) is 6.34. The van der Waals surface area contributed by atoms with E-state index in [1.165, 1.54) is 16.2 Å². The van der Waals surface area contributed by atoms with Crippen LogP contribution in [0.2, 0.25) is 0 Å². The molecule has 1 aliphatic rings. The Kier molecular flexibility index (Phi) is 6.28. The highest BCUT2D eigenvalue weighted by molar-refractivity contribution is 8.26. The molecule has 0 unspecified atom stereocenters. The van der Waals surface area contributed by atoms with Crippen LogP contribution in [0.25, 0.3) is 11.7 Å². The number of fused-ring (bicyclic) bond motifs is 1. The Bertz CT molecular complexity index is 968. The van der Waals surface area contributed by atoms with Crippen molar-refractivity contribution >= 4 is 51.7 Å². The number of pyridine rings is 1. The van der Waals surface area contributed by atoms with Crippen LogP contribution in [-0.2, 0) is 4.79 Å².